The summed E-state index contributed by atoms with van der Waals surface area (Å²) < 4.78 is 0. The van der Waals surface area contributed by atoms with E-state index in [-0.39, 0.29) is 5.54 Å². The van der Waals surface area contributed by atoms with Crippen LogP contribution in [0, 0.1) is 0 Å². The first kappa shape index (κ1) is 10.2. The first-order valence-corrected chi connectivity index (χ1v) is 3.92. The number of nitrogens with zero attached hydrogens (tertiary/aromatic N) is 1. The minimum atomic E-state index is -0.269. The Labute approximate surface area is 68.7 Å². The first-order chi connectivity index (χ1) is 5.02. The van der Waals surface area contributed by atoms with E-state index in [0.717, 1.165) is 0 Å². The fourth-order valence-electron chi connectivity index (χ4n) is 0.880. The van der Waals surface area contributed by atoms with E-state index in [4.69, 9.17) is 0 Å². The molecule has 0 amide bonds. The molecule has 0 rings (SSSR count). The normalized spacial score (nSPS) is 14.4. The number of aliphatic imine (C=N–C) groups is 1. The van der Waals surface area contributed by atoms with Gasteiger partial charge < -0.3 is 5.11 Å². The lowest BCUT2D eigenvalue weighted by molar-refractivity contribution is 0.384. The second-order valence-corrected chi connectivity index (χ2v) is 3.03. The molecule has 64 valence electrons. The highest BCUT2D eigenvalue weighted by molar-refractivity contribution is 5.54. The third-order valence-corrected chi connectivity index (χ3v) is 1.34. The van der Waals surface area contributed by atoms with Crippen molar-refractivity contribution in [1.29, 1.82) is 0 Å². The van der Waals surface area contributed by atoms with E-state index < -0.39 is 0 Å². The molecule has 0 aliphatic rings. The molecule has 0 bridgehead atoms. The smallest absolute Gasteiger partial charge is 0.0903 e. The molecule has 0 atom stereocenters. The van der Waals surface area contributed by atoms with Crippen molar-refractivity contribution in [2.24, 2.45) is 4.99 Å². The zero-order chi connectivity index (χ0) is 8.91. The second kappa shape index (κ2) is 4.16. The van der Waals surface area contributed by atoms with Crippen molar-refractivity contribution in [2.75, 3.05) is 0 Å². The average molecular weight is 155 g/mol. The van der Waals surface area contributed by atoms with Crippen LogP contribution in [0.4, 0.5) is 0 Å². The van der Waals surface area contributed by atoms with Gasteiger partial charge in [0.2, 0.25) is 0 Å². The summed E-state index contributed by atoms with van der Waals surface area (Å²) in [6.45, 7) is 7.70. The topological polar surface area (TPSA) is 32.6 Å². The van der Waals surface area contributed by atoms with Crippen molar-refractivity contribution in [3.63, 3.8) is 0 Å². The maximum Gasteiger partial charge on any atom is 0.0903 e. The van der Waals surface area contributed by atoms with E-state index >= 15 is 0 Å². The average Bonchev–Trinajstić information content (AvgIpc) is 1.86. The summed E-state index contributed by atoms with van der Waals surface area (Å²) in [5.74, 6) is 0.403. The third-order valence-electron chi connectivity index (χ3n) is 1.34. The highest BCUT2D eigenvalue weighted by Gasteiger charge is 2.11. The quantitative estimate of drug-likeness (QED) is 0.493. The van der Waals surface area contributed by atoms with Gasteiger partial charge >= 0.3 is 0 Å². The standard InChI is InChI=1S/C9H17NO/c1-5-8(11)7-9(3,4)10-6-2/h6-7,11H,5H2,1-4H3/b8-7+,10-6-. The Morgan fingerprint density at radius 2 is 2.09 bits per heavy atom. The molecule has 0 aliphatic carbocycles. The van der Waals surface area contributed by atoms with Gasteiger partial charge in [-0.2, -0.15) is 0 Å². The molecule has 0 heterocycles. The molecule has 0 aromatic heterocycles. The number of aliphatic hydroxyl groups excluding tert-OH is 1. The second-order valence-electron chi connectivity index (χ2n) is 3.03. The minimum absolute atomic E-state index is 0.269. The molecule has 0 saturated carbocycles. The summed E-state index contributed by atoms with van der Waals surface area (Å²) in [4.78, 5) is 4.18. The van der Waals surface area contributed by atoms with Gasteiger partial charge in [0.05, 0.1) is 11.3 Å². The Morgan fingerprint density at radius 3 is 2.45 bits per heavy atom. The van der Waals surface area contributed by atoms with Crippen molar-refractivity contribution in [3.05, 3.63) is 11.8 Å². The molecule has 11 heavy (non-hydrogen) atoms. The SMILES string of the molecule is C/C=N\C(C)(C)/C=C(/O)CC. The Bertz CT molecular complexity index is 168. The van der Waals surface area contributed by atoms with E-state index in [2.05, 4.69) is 4.99 Å². The van der Waals surface area contributed by atoms with Crippen LogP contribution in [0.5, 0.6) is 0 Å². The van der Waals surface area contributed by atoms with E-state index in [1.54, 1.807) is 12.3 Å². The van der Waals surface area contributed by atoms with Gasteiger partial charge in [0, 0.05) is 6.42 Å². The lowest BCUT2D eigenvalue weighted by Crippen LogP contribution is -2.13. The van der Waals surface area contributed by atoms with E-state index in [0.29, 0.717) is 12.2 Å². The van der Waals surface area contributed by atoms with Crippen molar-refractivity contribution >= 4 is 6.21 Å². The number of rotatable bonds is 3. The number of allylic oxidation sites excluding steroid dienone is 1. The summed E-state index contributed by atoms with van der Waals surface area (Å²) in [5.41, 5.74) is -0.269. The maximum absolute atomic E-state index is 9.21. The lowest BCUT2D eigenvalue weighted by Gasteiger charge is -2.14. The van der Waals surface area contributed by atoms with Gasteiger partial charge in [-0.25, -0.2) is 0 Å². The monoisotopic (exact) mass is 155 g/mol. The van der Waals surface area contributed by atoms with Crippen LogP contribution < -0.4 is 0 Å². The molecule has 0 aromatic rings. The number of hydrogen-bond acceptors (Lipinski definition) is 2. The Kier molecular flexibility index (Phi) is 3.86. The lowest BCUT2D eigenvalue weighted by atomic mass is 10.1. The minimum Gasteiger partial charge on any atom is -0.513 e. The van der Waals surface area contributed by atoms with Gasteiger partial charge in [0.1, 0.15) is 0 Å². The summed E-state index contributed by atoms with van der Waals surface area (Å²) >= 11 is 0. The van der Waals surface area contributed by atoms with Crippen LogP contribution in [0.3, 0.4) is 0 Å². The van der Waals surface area contributed by atoms with Crippen LogP contribution in [0.1, 0.15) is 34.1 Å². The fraction of sp³-hybridized carbons (Fsp3) is 0.667. The van der Waals surface area contributed by atoms with E-state index in [9.17, 15) is 5.11 Å². The summed E-state index contributed by atoms with van der Waals surface area (Å²) in [7, 11) is 0. The summed E-state index contributed by atoms with van der Waals surface area (Å²) in [6.07, 6.45) is 4.19. The van der Waals surface area contributed by atoms with Crippen molar-refractivity contribution in [3.8, 4) is 0 Å². The molecular weight excluding hydrogens is 138 g/mol. The largest absolute Gasteiger partial charge is 0.513 e. The molecule has 0 unspecified atom stereocenters. The first-order valence-electron chi connectivity index (χ1n) is 3.92. The zero-order valence-electron chi connectivity index (χ0n) is 7.76. The van der Waals surface area contributed by atoms with E-state index in [1.165, 1.54) is 0 Å². The van der Waals surface area contributed by atoms with Crippen LogP contribution in [-0.2, 0) is 0 Å². The number of hydrogen-bond donors (Lipinski definition) is 1. The van der Waals surface area contributed by atoms with E-state index in [1.807, 2.05) is 27.7 Å². The molecule has 0 fully saturated rings. The van der Waals surface area contributed by atoms with Gasteiger partial charge in [0.15, 0.2) is 0 Å². The zero-order valence-corrected chi connectivity index (χ0v) is 7.76. The van der Waals surface area contributed by atoms with Crippen molar-refractivity contribution in [1.82, 2.24) is 0 Å². The van der Waals surface area contributed by atoms with Crippen molar-refractivity contribution in [2.45, 2.75) is 39.7 Å². The van der Waals surface area contributed by atoms with Gasteiger partial charge in [-0.1, -0.05) is 6.92 Å². The van der Waals surface area contributed by atoms with Crippen LogP contribution >= 0.6 is 0 Å². The third kappa shape index (κ3) is 4.59. The summed E-state index contributed by atoms with van der Waals surface area (Å²) in [6, 6.07) is 0. The van der Waals surface area contributed by atoms with Gasteiger partial charge in [0.25, 0.3) is 0 Å². The van der Waals surface area contributed by atoms with Gasteiger partial charge in [-0.05, 0) is 33.1 Å². The Balaban J connectivity index is 4.32. The van der Waals surface area contributed by atoms with Crippen LogP contribution in [0.15, 0.2) is 16.8 Å². The Hall–Kier alpha value is -0.790. The Morgan fingerprint density at radius 1 is 1.55 bits per heavy atom. The predicted molar refractivity (Wildman–Crippen MR) is 49.2 cm³/mol. The molecule has 0 aliphatic heterocycles. The molecule has 0 spiro atoms. The fourth-order valence-corrected chi connectivity index (χ4v) is 0.880. The van der Waals surface area contributed by atoms with Gasteiger partial charge in [-0.15, -0.1) is 0 Å². The molecule has 0 saturated heterocycles. The highest BCUT2D eigenvalue weighted by Crippen LogP contribution is 2.13. The van der Waals surface area contributed by atoms with Crippen LogP contribution in [0.2, 0.25) is 0 Å². The number of aliphatic hydroxyl groups is 1. The van der Waals surface area contributed by atoms with Crippen LogP contribution in [-0.4, -0.2) is 16.9 Å². The van der Waals surface area contributed by atoms with Gasteiger partial charge in [-0.3, -0.25) is 4.99 Å². The molecular formula is C9H17NO. The molecule has 1 N–H and O–H groups in total. The van der Waals surface area contributed by atoms with Crippen LogP contribution in [0.25, 0.3) is 0 Å². The molecule has 2 nitrogen and oxygen atoms in total. The molecule has 0 aromatic carbocycles. The highest BCUT2D eigenvalue weighted by atomic mass is 16.3. The summed E-state index contributed by atoms with van der Waals surface area (Å²) in [5, 5.41) is 9.21. The molecule has 0 radical (unpaired) electrons. The van der Waals surface area contributed by atoms with Crippen molar-refractivity contribution < 1.29 is 5.11 Å². The maximum atomic E-state index is 9.21. The molecule has 2 heteroatoms. The predicted octanol–water partition coefficient (Wildman–Crippen LogP) is 2.71.